The summed E-state index contributed by atoms with van der Waals surface area (Å²) in [6.07, 6.45) is 7.69. The molecule has 0 aromatic rings. The first-order valence-electron chi connectivity index (χ1n) is 8.27. The maximum atomic E-state index is 12.3. The molecule has 130 valence electrons. The van der Waals surface area contributed by atoms with Gasteiger partial charge in [0.05, 0.1) is 6.04 Å². The van der Waals surface area contributed by atoms with Gasteiger partial charge in [0.25, 0.3) is 0 Å². The summed E-state index contributed by atoms with van der Waals surface area (Å²) in [7, 11) is 1.74. The van der Waals surface area contributed by atoms with Crippen LogP contribution in [0.25, 0.3) is 0 Å². The molecule has 2 aliphatic rings. The quantitative estimate of drug-likeness (QED) is 0.745. The van der Waals surface area contributed by atoms with Gasteiger partial charge in [-0.1, -0.05) is 12.8 Å². The second-order valence-corrected chi connectivity index (χ2v) is 6.64. The second kappa shape index (κ2) is 9.71. The number of hydrogen-bond donors (Lipinski definition) is 2. The number of hydrogen-bond acceptors (Lipinski definition) is 4. The molecule has 22 heavy (non-hydrogen) atoms. The minimum atomic E-state index is -0.394. The molecule has 1 saturated heterocycles. The molecule has 5 nitrogen and oxygen atoms in total. The van der Waals surface area contributed by atoms with Gasteiger partial charge in [-0.2, -0.15) is 0 Å². The molecule has 1 saturated carbocycles. The highest BCUT2D eigenvalue weighted by molar-refractivity contribution is 5.85. The molecule has 0 radical (unpaired) electrons. The van der Waals surface area contributed by atoms with E-state index in [-0.39, 0.29) is 29.6 Å². The molecule has 1 atom stereocenters. The fraction of sp³-hybridized carbons (Fsp3) is 0.938. The Bertz CT molecular complexity index is 329. The summed E-state index contributed by atoms with van der Waals surface area (Å²) >= 11 is 0. The van der Waals surface area contributed by atoms with Gasteiger partial charge in [-0.3, -0.25) is 4.79 Å². The fourth-order valence-corrected chi connectivity index (χ4v) is 3.64. The molecule has 6 heteroatoms. The Morgan fingerprint density at radius 3 is 2.59 bits per heavy atom. The Kier molecular flexibility index (Phi) is 8.69. The Hall–Kier alpha value is -0.360. The Labute approximate surface area is 140 Å². The van der Waals surface area contributed by atoms with Gasteiger partial charge in [-0.05, 0) is 43.4 Å². The van der Waals surface area contributed by atoms with Crippen molar-refractivity contribution < 1.29 is 14.3 Å². The van der Waals surface area contributed by atoms with E-state index < -0.39 is 6.04 Å². The predicted octanol–water partition coefficient (Wildman–Crippen LogP) is 1.88. The Morgan fingerprint density at radius 1 is 1.36 bits per heavy atom. The summed E-state index contributed by atoms with van der Waals surface area (Å²) < 4.78 is 10.6. The summed E-state index contributed by atoms with van der Waals surface area (Å²) in [6, 6.07) is -0.394. The highest BCUT2D eigenvalue weighted by atomic mass is 35.5. The lowest BCUT2D eigenvalue weighted by atomic mass is 9.82. The first kappa shape index (κ1) is 19.7. The number of methoxy groups -OCH3 is 1. The fourth-order valence-electron chi connectivity index (χ4n) is 3.64. The molecule has 2 rings (SSSR count). The number of amides is 1. The van der Waals surface area contributed by atoms with Crippen LogP contribution in [0, 0.1) is 11.3 Å². The van der Waals surface area contributed by atoms with E-state index in [1.807, 2.05) is 0 Å². The van der Waals surface area contributed by atoms with Crippen LogP contribution in [0.5, 0.6) is 0 Å². The molecule has 0 spiro atoms. The van der Waals surface area contributed by atoms with Crippen molar-refractivity contribution in [2.45, 2.75) is 51.0 Å². The van der Waals surface area contributed by atoms with E-state index in [1.165, 1.54) is 25.7 Å². The van der Waals surface area contributed by atoms with E-state index in [1.54, 1.807) is 7.11 Å². The molecule has 0 aromatic carbocycles. The zero-order valence-electron chi connectivity index (χ0n) is 13.6. The average molecular weight is 335 g/mol. The van der Waals surface area contributed by atoms with Crippen molar-refractivity contribution in [1.29, 1.82) is 0 Å². The number of rotatable bonds is 7. The van der Waals surface area contributed by atoms with Crippen LogP contribution < -0.4 is 11.1 Å². The minimum Gasteiger partial charge on any atom is -0.385 e. The molecule has 3 N–H and O–H groups in total. The topological polar surface area (TPSA) is 73.6 Å². The number of carbonyl (C=O) groups excluding carboxylic acids is 1. The lowest BCUT2D eigenvalue weighted by molar-refractivity contribution is -0.125. The summed E-state index contributed by atoms with van der Waals surface area (Å²) in [5.41, 5.74) is 6.35. The van der Waals surface area contributed by atoms with Gasteiger partial charge < -0.3 is 20.5 Å². The minimum absolute atomic E-state index is 0. The van der Waals surface area contributed by atoms with Crippen molar-refractivity contribution in [3.8, 4) is 0 Å². The lowest BCUT2D eigenvalue weighted by Crippen LogP contribution is -2.49. The molecular formula is C16H31ClN2O3. The molecule has 0 aromatic heterocycles. The highest BCUT2D eigenvalue weighted by Crippen LogP contribution is 2.40. The van der Waals surface area contributed by atoms with E-state index in [0.29, 0.717) is 0 Å². The van der Waals surface area contributed by atoms with Gasteiger partial charge in [0.1, 0.15) is 0 Å². The van der Waals surface area contributed by atoms with Gasteiger partial charge in [0.2, 0.25) is 5.91 Å². The van der Waals surface area contributed by atoms with Crippen LogP contribution in [0.3, 0.4) is 0 Å². The monoisotopic (exact) mass is 334 g/mol. The first-order valence-corrected chi connectivity index (χ1v) is 8.27. The third-order valence-electron chi connectivity index (χ3n) is 5.21. The number of ether oxygens (including phenoxy) is 2. The Balaban J connectivity index is 0.00000242. The van der Waals surface area contributed by atoms with E-state index in [0.717, 1.165) is 45.6 Å². The van der Waals surface area contributed by atoms with Gasteiger partial charge in [-0.25, -0.2) is 0 Å². The molecule has 1 heterocycles. The van der Waals surface area contributed by atoms with E-state index >= 15 is 0 Å². The van der Waals surface area contributed by atoms with Crippen LogP contribution in [-0.4, -0.2) is 45.4 Å². The van der Waals surface area contributed by atoms with Crippen molar-refractivity contribution in [3.05, 3.63) is 0 Å². The number of carbonyl (C=O) groups is 1. The number of nitrogens with two attached hydrogens (primary N) is 1. The number of halogens is 1. The molecule has 1 unspecified atom stereocenters. The summed E-state index contributed by atoms with van der Waals surface area (Å²) in [5.74, 6) is 0.267. The van der Waals surface area contributed by atoms with Gasteiger partial charge in [0, 0.05) is 33.5 Å². The molecule has 1 aliphatic carbocycles. The third kappa shape index (κ3) is 5.37. The lowest BCUT2D eigenvalue weighted by Gasteiger charge is -2.31. The maximum Gasteiger partial charge on any atom is 0.237 e. The van der Waals surface area contributed by atoms with Gasteiger partial charge in [-0.15, -0.1) is 12.4 Å². The van der Waals surface area contributed by atoms with Crippen molar-refractivity contribution >= 4 is 18.3 Å². The van der Waals surface area contributed by atoms with E-state index in [2.05, 4.69) is 5.32 Å². The summed E-state index contributed by atoms with van der Waals surface area (Å²) in [4.78, 5) is 12.3. The van der Waals surface area contributed by atoms with Gasteiger partial charge in [0.15, 0.2) is 0 Å². The molecule has 1 amide bonds. The molecule has 2 fully saturated rings. The van der Waals surface area contributed by atoms with E-state index in [4.69, 9.17) is 15.2 Å². The largest absolute Gasteiger partial charge is 0.385 e. The first-order chi connectivity index (χ1) is 10.2. The van der Waals surface area contributed by atoms with Crippen molar-refractivity contribution in [1.82, 2.24) is 5.32 Å². The Morgan fingerprint density at radius 2 is 2.00 bits per heavy atom. The highest BCUT2D eigenvalue weighted by Gasteiger charge is 2.35. The smallest absolute Gasteiger partial charge is 0.237 e. The van der Waals surface area contributed by atoms with Crippen molar-refractivity contribution in [2.24, 2.45) is 17.1 Å². The molecular weight excluding hydrogens is 304 g/mol. The zero-order valence-corrected chi connectivity index (χ0v) is 14.5. The predicted molar refractivity (Wildman–Crippen MR) is 89.2 cm³/mol. The average Bonchev–Trinajstić information content (AvgIpc) is 3.00. The SMILES string of the molecule is COCCC1(CNC(=O)C(N)C2CCOCC2)CCCC1.Cl. The normalized spacial score (nSPS) is 22.8. The summed E-state index contributed by atoms with van der Waals surface area (Å²) in [5, 5.41) is 3.11. The second-order valence-electron chi connectivity index (χ2n) is 6.64. The standard InChI is InChI=1S/C16H30N2O3.ClH/c1-20-11-8-16(6-2-3-7-16)12-18-15(19)14(17)13-4-9-21-10-5-13;/h13-14H,2-12,17H2,1H3,(H,18,19);1H. The molecule has 1 aliphatic heterocycles. The zero-order chi connectivity index (χ0) is 15.1. The summed E-state index contributed by atoms with van der Waals surface area (Å²) in [6.45, 7) is 2.96. The van der Waals surface area contributed by atoms with Crippen LogP contribution in [0.4, 0.5) is 0 Å². The van der Waals surface area contributed by atoms with Crippen LogP contribution >= 0.6 is 12.4 Å². The maximum absolute atomic E-state index is 12.3. The van der Waals surface area contributed by atoms with Crippen molar-refractivity contribution in [2.75, 3.05) is 33.5 Å². The van der Waals surface area contributed by atoms with Crippen LogP contribution in [0.15, 0.2) is 0 Å². The number of nitrogens with one attached hydrogen (secondary N) is 1. The van der Waals surface area contributed by atoms with Crippen LogP contribution in [0.2, 0.25) is 0 Å². The van der Waals surface area contributed by atoms with Crippen molar-refractivity contribution in [3.63, 3.8) is 0 Å². The van der Waals surface area contributed by atoms with Gasteiger partial charge >= 0.3 is 0 Å². The van der Waals surface area contributed by atoms with E-state index in [9.17, 15) is 4.79 Å². The molecule has 0 bridgehead atoms. The van der Waals surface area contributed by atoms with Crippen LogP contribution in [-0.2, 0) is 14.3 Å². The van der Waals surface area contributed by atoms with Crippen LogP contribution in [0.1, 0.15) is 44.9 Å². The third-order valence-corrected chi connectivity index (χ3v) is 5.21.